The van der Waals surface area contributed by atoms with Crippen LogP contribution in [0.1, 0.15) is 37.9 Å². The zero-order valence-electron chi connectivity index (χ0n) is 15.6. The predicted octanol–water partition coefficient (Wildman–Crippen LogP) is 2.59. The summed E-state index contributed by atoms with van der Waals surface area (Å²) in [5.41, 5.74) is 1.11. The second kappa shape index (κ2) is 8.41. The first-order valence-corrected chi connectivity index (χ1v) is 9.91. The molecule has 2 fully saturated rings. The van der Waals surface area contributed by atoms with Crippen LogP contribution in [0.3, 0.4) is 0 Å². The molecular weight excluding hydrogens is 342 g/mol. The van der Waals surface area contributed by atoms with Crippen LogP contribution in [0.5, 0.6) is 0 Å². The maximum atomic E-state index is 12.4. The number of amides is 1. The molecule has 0 bridgehead atoms. The molecule has 0 aromatic carbocycles. The number of nitrogens with one attached hydrogen (secondary N) is 1. The molecule has 4 rings (SSSR count). The molecule has 2 aliphatic rings. The van der Waals surface area contributed by atoms with E-state index in [1.807, 2.05) is 18.3 Å². The minimum atomic E-state index is 0.0549. The van der Waals surface area contributed by atoms with E-state index in [4.69, 9.17) is 4.42 Å². The van der Waals surface area contributed by atoms with E-state index in [2.05, 4.69) is 25.1 Å². The predicted molar refractivity (Wildman–Crippen MR) is 104 cm³/mol. The van der Waals surface area contributed by atoms with Crippen LogP contribution in [0, 0.1) is 5.92 Å². The monoisotopic (exact) mass is 369 g/mol. The Labute approximate surface area is 159 Å². The molecule has 2 aliphatic heterocycles. The van der Waals surface area contributed by atoms with E-state index < -0.39 is 0 Å². The van der Waals surface area contributed by atoms with Crippen LogP contribution in [0.15, 0.2) is 35.3 Å². The lowest BCUT2D eigenvalue weighted by Crippen LogP contribution is -2.41. The van der Waals surface area contributed by atoms with Crippen LogP contribution in [0.2, 0.25) is 0 Å². The van der Waals surface area contributed by atoms with Crippen molar-refractivity contribution in [2.45, 2.75) is 38.6 Å². The highest BCUT2D eigenvalue weighted by molar-refractivity contribution is 5.79. The molecule has 27 heavy (non-hydrogen) atoms. The summed E-state index contributed by atoms with van der Waals surface area (Å²) < 4.78 is 5.28. The fraction of sp³-hybridized carbons (Fsp3) is 0.550. The molecule has 0 unspecified atom stereocenters. The van der Waals surface area contributed by atoms with Crippen LogP contribution in [-0.2, 0) is 11.3 Å². The summed E-state index contributed by atoms with van der Waals surface area (Å²) in [5, 5.41) is 2.99. The Morgan fingerprint density at radius 2 is 1.96 bits per heavy atom. The first-order chi connectivity index (χ1) is 13.3. The lowest BCUT2D eigenvalue weighted by Gasteiger charge is -2.36. The van der Waals surface area contributed by atoms with Gasteiger partial charge in [0.2, 0.25) is 5.91 Å². The highest BCUT2D eigenvalue weighted by Gasteiger charge is 2.27. The average Bonchev–Trinajstić information content (AvgIpc) is 3.26. The van der Waals surface area contributed by atoms with Gasteiger partial charge in [-0.3, -0.25) is 4.79 Å². The molecule has 2 saturated heterocycles. The molecule has 2 aromatic heterocycles. The standard InChI is InChI=1S/C20H27N5O2/c26-20(22-13-17-5-4-12-27-17)16-6-10-24(11-7-16)18-14-21-15-23-19(18)25-8-2-1-3-9-25/h4-5,12,14-16H,1-3,6-11,13H2,(H,22,26). The molecule has 0 aliphatic carbocycles. The first kappa shape index (κ1) is 17.8. The lowest BCUT2D eigenvalue weighted by atomic mass is 9.95. The summed E-state index contributed by atoms with van der Waals surface area (Å²) in [6.45, 7) is 4.29. The van der Waals surface area contributed by atoms with Crippen LogP contribution in [-0.4, -0.2) is 42.1 Å². The van der Waals surface area contributed by atoms with Crippen molar-refractivity contribution in [2.24, 2.45) is 5.92 Å². The third kappa shape index (κ3) is 4.23. The molecule has 0 spiro atoms. The lowest BCUT2D eigenvalue weighted by molar-refractivity contribution is -0.125. The van der Waals surface area contributed by atoms with E-state index in [9.17, 15) is 4.79 Å². The Bertz CT molecular complexity index is 735. The number of carbonyl (C=O) groups is 1. The summed E-state index contributed by atoms with van der Waals surface area (Å²) in [7, 11) is 0. The Kier molecular flexibility index (Phi) is 5.55. The van der Waals surface area contributed by atoms with Crippen LogP contribution in [0.25, 0.3) is 0 Å². The average molecular weight is 369 g/mol. The molecular formula is C20H27N5O2. The van der Waals surface area contributed by atoms with Crippen molar-refractivity contribution in [1.82, 2.24) is 15.3 Å². The maximum Gasteiger partial charge on any atom is 0.223 e. The zero-order chi connectivity index (χ0) is 18.5. The topological polar surface area (TPSA) is 74.5 Å². The van der Waals surface area contributed by atoms with Gasteiger partial charge in [-0.1, -0.05) is 0 Å². The number of furan rings is 1. The number of aromatic nitrogens is 2. The molecule has 144 valence electrons. The molecule has 1 N–H and O–H groups in total. The fourth-order valence-corrected chi connectivity index (χ4v) is 4.00. The van der Waals surface area contributed by atoms with Gasteiger partial charge in [-0.25, -0.2) is 9.97 Å². The highest BCUT2D eigenvalue weighted by Crippen LogP contribution is 2.31. The normalized spacial score (nSPS) is 18.5. The van der Waals surface area contributed by atoms with Crippen LogP contribution in [0.4, 0.5) is 11.5 Å². The summed E-state index contributed by atoms with van der Waals surface area (Å²) in [5.74, 6) is 2.00. The van der Waals surface area contributed by atoms with Crippen molar-refractivity contribution < 1.29 is 9.21 Å². The van der Waals surface area contributed by atoms with Gasteiger partial charge < -0.3 is 19.5 Å². The third-order valence-corrected chi connectivity index (χ3v) is 5.55. The van der Waals surface area contributed by atoms with Crippen molar-refractivity contribution in [2.75, 3.05) is 36.0 Å². The Morgan fingerprint density at radius 3 is 2.70 bits per heavy atom. The van der Waals surface area contributed by atoms with E-state index in [0.29, 0.717) is 6.54 Å². The summed E-state index contributed by atoms with van der Waals surface area (Å²) in [4.78, 5) is 26.0. The largest absolute Gasteiger partial charge is 0.467 e. The van der Waals surface area contributed by atoms with E-state index in [-0.39, 0.29) is 11.8 Å². The van der Waals surface area contributed by atoms with Gasteiger partial charge in [-0.15, -0.1) is 0 Å². The number of hydrogen-bond acceptors (Lipinski definition) is 6. The molecule has 4 heterocycles. The molecule has 0 saturated carbocycles. The zero-order valence-corrected chi connectivity index (χ0v) is 15.6. The number of carbonyl (C=O) groups excluding carboxylic acids is 1. The summed E-state index contributed by atoms with van der Waals surface area (Å²) >= 11 is 0. The molecule has 2 aromatic rings. The summed E-state index contributed by atoms with van der Waals surface area (Å²) in [6, 6.07) is 3.71. The SMILES string of the molecule is O=C(NCc1ccco1)C1CCN(c2cncnc2N2CCCCC2)CC1. The fourth-order valence-electron chi connectivity index (χ4n) is 4.00. The van der Waals surface area contributed by atoms with Crippen molar-refractivity contribution in [3.05, 3.63) is 36.7 Å². The minimum Gasteiger partial charge on any atom is -0.467 e. The van der Waals surface area contributed by atoms with Crippen molar-refractivity contribution in [3.8, 4) is 0 Å². The summed E-state index contributed by atoms with van der Waals surface area (Å²) in [6.07, 6.45) is 10.6. The van der Waals surface area contributed by atoms with Crippen molar-refractivity contribution in [1.29, 1.82) is 0 Å². The number of anilines is 2. The van der Waals surface area contributed by atoms with Crippen molar-refractivity contribution in [3.63, 3.8) is 0 Å². The Hall–Kier alpha value is -2.57. The minimum absolute atomic E-state index is 0.0549. The molecule has 0 radical (unpaired) electrons. The second-order valence-corrected chi connectivity index (χ2v) is 7.34. The van der Waals surface area contributed by atoms with Gasteiger partial charge in [0.1, 0.15) is 12.1 Å². The molecule has 0 atom stereocenters. The van der Waals surface area contributed by atoms with Gasteiger partial charge in [0.05, 0.1) is 24.7 Å². The van der Waals surface area contributed by atoms with E-state index in [0.717, 1.165) is 56.3 Å². The number of rotatable bonds is 5. The van der Waals surface area contributed by atoms with Gasteiger partial charge >= 0.3 is 0 Å². The van der Waals surface area contributed by atoms with E-state index in [1.165, 1.54) is 19.3 Å². The van der Waals surface area contributed by atoms with Crippen LogP contribution < -0.4 is 15.1 Å². The van der Waals surface area contributed by atoms with Gasteiger partial charge in [0.15, 0.2) is 5.82 Å². The molecule has 7 nitrogen and oxygen atoms in total. The highest BCUT2D eigenvalue weighted by atomic mass is 16.3. The Balaban J connectivity index is 1.34. The number of hydrogen-bond donors (Lipinski definition) is 1. The first-order valence-electron chi connectivity index (χ1n) is 9.91. The van der Waals surface area contributed by atoms with Crippen LogP contribution >= 0.6 is 0 Å². The second-order valence-electron chi connectivity index (χ2n) is 7.34. The maximum absolute atomic E-state index is 12.4. The van der Waals surface area contributed by atoms with E-state index in [1.54, 1.807) is 12.6 Å². The molecule has 7 heteroatoms. The van der Waals surface area contributed by atoms with Gasteiger partial charge in [0.25, 0.3) is 0 Å². The van der Waals surface area contributed by atoms with Gasteiger partial charge in [-0.2, -0.15) is 0 Å². The smallest absolute Gasteiger partial charge is 0.223 e. The van der Waals surface area contributed by atoms with Crippen molar-refractivity contribution >= 4 is 17.4 Å². The van der Waals surface area contributed by atoms with E-state index >= 15 is 0 Å². The Morgan fingerprint density at radius 1 is 1.15 bits per heavy atom. The van der Waals surface area contributed by atoms with Gasteiger partial charge in [0, 0.05) is 32.1 Å². The number of nitrogens with zero attached hydrogens (tertiary/aromatic N) is 4. The van der Waals surface area contributed by atoms with Gasteiger partial charge in [-0.05, 0) is 44.2 Å². The quantitative estimate of drug-likeness (QED) is 0.873. The number of piperidine rings is 2. The molecule has 1 amide bonds. The third-order valence-electron chi connectivity index (χ3n) is 5.55.